The maximum absolute atomic E-state index is 13.1. The van der Waals surface area contributed by atoms with E-state index in [0.29, 0.717) is 12.0 Å². The summed E-state index contributed by atoms with van der Waals surface area (Å²) in [5, 5.41) is -0.252. The van der Waals surface area contributed by atoms with Gasteiger partial charge in [0.15, 0.2) is 11.6 Å². The molecule has 1 saturated heterocycles. The van der Waals surface area contributed by atoms with E-state index >= 15 is 0 Å². The third-order valence-electron chi connectivity index (χ3n) is 3.14. The molecule has 2 unspecified atom stereocenters. The molecule has 0 aromatic heterocycles. The van der Waals surface area contributed by atoms with E-state index in [9.17, 15) is 8.78 Å². The highest BCUT2D eigenvalue weighted by Gasteiger charge is 2.20. The molecule has 0 radical (unpaired) electrons. The molecule has 1 aromatic carbocycles. The van der Waals surface area contributed by atoms with Crippen LogP contribution in [0.4, 0.5) is 8.78 Å². The van der Waals surface area contributed by atoms with Gasteiger partial charge in [-0.15, -0.1) is 11.6 Å². The quantitative estimate of drug-likeness (QED) is 0.569. The van der Waals surface area contributed by atoms with Crippen LogP contribution >= 0.6 is 23.2 Å². The molecule has 100 valence electrons. The third-order valence-corrected chi connectivity index (χ3v) is 3.92. The lowest BCUT2D eigenvalue weighted by Crippen LogP contribution is -2.06. The Labute approximate surface area is 115 Å². The Kier molecular flexibility index (Phi) is 4.82. The topological polar surface area (TPSA) is 9.23 Å². The van der Waals surface area contributed by atoms with Crippen molar-refractivity contribution in [1.29, 1.82) is 0 Å². The van der Waals surface area contributed by atoms with Crippen molar-refractivity contribution in [3.8, 4) is 0 Å². The number of hydrogen-bond acceptors (Lipinski definition) is 1. The molecule has 18 heavy (non-hydrogen) atoms. The van der Waals surface area contributed by atoms with Gasteiger partial charge in [0.1, 0.15) is 0 Å². The first kappa shape index (κ1) is 14.0. The smallest absolute Gasteiger partial charge is 0.160 e. The summed E-state index contributed by atoms with van der Waals surface area (Å²) in [4.78, 5) is 0. The fourth-order valence-electron chi connectivity index (χ4n) is 2.14. The number of benzene rings is 1. The van der Waals surface area contributed by atoms with Gasteiger partial charge in [-0.3, -0.25) is 0 Å². The largest absolute Gasteiger partial charge is 0.378 e. The highest BCUT2D eigenvalue weighted by atomic mass is 35.5. The van der Waals surface area contributed by atoms with E-state index in [2.05, 4.69) is 0 Å². The third kappa shape index (κ3) is 3.34. The average Bonchev–Trinajstić information content (AvgIpc) is 2.84. The van der Waals surface area contributed by atoms with Crippen LogP contribution in [0.5, 0.6) is 0 Å². The van der Waals surface area contributed by atoms with Crippen molar-refractivity contribution in [1.82, 2.24) is 0 Å². The van der Waals surface area contributed by atoms with E-state index < -0.39 is 17.0 Å². The Morgan fingerprint density at radius 1 is 1.33 bits per heavy atom. The second-order valence-electron chi connectivity index (χ2n) is 4.47. The van der Waals surface area contributed by atoms with Gasteiger partial charge in [-0.05, 0) is 43.4 Å². The molecular formula is C13H14Cl2F2O. The fraction of sp³-hybridized carbons (Fsp3) is 0.538. The van der Waals surface area contributed by atoms with Crippen molar-refractivity contribution < 1.29 is 13.5 Å². The first-order valence-corrected chi connectivity index (χ1v) is 6.79. The molecule has 0 N–H and O–H groups in total. The number of halogens is 4. The molecule has 1 aromatic rings. The van der Waals surface area contributed by atoms with Crippen molar-refractivity contribution in [3.05, 3.63) is 34.4 Å². The number of alkyl halides is 1. The van der Waals surface area contributed by atoms with Gasteiger partial charge in [-0.2, -0.15) is 0 Å². The second kappa shape index (κ2) is 6.18. The Balaban J connectivity index is 1.99. The van der Waals surface area contributed by atoms with Gasteiger partial charge in [0.2, 0.25) is 0 Å². The molecule has 0 spiro atoms. The summed E-state index contributed by atoms with van der Waals surface area (Å²) < 4.78 is 31.6. The van der Waals surface area contributed by atoms with Crippen LogP contribution in [-0.2, 0) is 4.74 Å². The number of hydrogen-bond donors (Lipinski definition) is 0. The predicted molar refractivity (Wildman–Crippen MR) is 68.2 cm³/mol. The SMILES string of the molecule is Fc1cc(Cl)c(C(Cl)CCC2CCCO2)cc1F. The predicted octanol–water partition coefficient (Wildman–Crippen LogP) is 4.86. The molecule has 2 atom stereocenters. The van der Waals surface area contributed by atoms with Crippen LogP contribution in [0.15, 0.2) is 12.1 Å². The van der Waals surface area contributed by atoms with Gasteiger partial charge in [0, 0.05) is 11.6 Å². The van der Waals surface area contributed by atoms with E-state index in [1.165, 1.54) is 0 Å². The van der Waals surface area contributed by atoms with E-state index in [1.807, 2.05) is 0 Å². The summed E-state index contributed by atoms with van der Waals surface area (Å²) in [6.45, 7) is 0.795. The highest BCUT2D eigenvalue weighted by Crippen LogP contribution is 2.34. The monoisotopic (exact) mass is 294 g/mol. The Hall–Kier alpha value is -0.380. The molecule has 0 aliphatic carbocycles. The summed E-state index contributed by atoms with van der Waals surface area (Å²) in [6, 6.07) is 2.04. The number of ether oxygens (including phenoxy) is 1. The van der Waals surface area contributed by atoms with Gasteiger partial charge >= 0.3 is 0 Å². The molecule has 1 nitrogen and oxygen atoms in total. The molecule has 0 amide bonds. The van der Waals surface area contributed by atoms with Crippen molar-refractivity contribution in [3.63, 3.8) is 0 Å². The van der Waals surface area contributed by atoms with E-state index in [1.54, 1.807) is 0 Å². The standard InChI is InChI=1S/C13H14Cl2F2O/c14-10(4-3-8-2-1-5-18-8)9-6-12(16)13(17)7-11(9)15/h6-8,10H,1-5H2. The van der Waals surface area contributed by atoms with Crippen molar-refractivity contribution in [2.75, 3.05) is 6.61 Å². The van der Waals surface area contributed by atoms with Gasteiger partial charge < -0.3 is 4.74 Å². The van der Waals surface area contributed by atoms with Crippen LogP contribution in [-0.4, -0.2) is 12.7 Å². The molecule has 0 bridgehead atoms. The Morgan fingerprint density at radius 3 is 2.72 bits per heavy atom. The van der Waals surface area contributed by atoms with Crippen LogP contribution in [0.1, 0.15) is 36.6 Å². The van der Waals surface area contributed by atoms with Crippen LogP contribution < -0.4 is 0 Å². The van der Waals surface area contributed by atoms with Gasteiger partial charge in [-0.1, -0.05) is 11.6 Å². The van der Waals surface area contributed by atoms with E-state index in [4.69, 9.17) is 27.9 Å². The van der Waals surface area contributed by atoms with E-state index in [-0.39, 0.29) is 11.1 Å². The minimum Gasteiger partial charge on any atom is -0.378 e. The lowest BCUT2D eigenvalue weighted by atomic mass is 10.0. The zero-order valence-corrected chi connectivity index (χ0v) is 11.3. The molecule has 2 rings (SSSR count). The van der Waals surface area contributed by atoms with Crippen LogP contribution in [0.2, 0.25) is 5.02 Å². The lowest BCUT2D eigenvalue weighted by Gasteiger charge is -2.14. The molecular weight excluding hydrogens is 281 g/mol. The minimum absolute atomic E-state index is 0.168. The van der Waals surface area contributed by atoms with Crippen molar-refractivity contribution >= 4 is 23.2 Å². The van der Waals surface area contributed by atoms with Crippen molar-refractivity contribution in [2.45, 2.75) is 37.2 Å². The first-order chi connectivity index (χ1) is 8.58. The Morgan fingerprint density at radius 2 is 2.06 bits per heavy atom. The molecule has 1 heterocycles. The van der Waals surface area contributed by atoms with Crippen LogP contribution in [0.25, 0.3) is 0 Å². The number of rotatable bonds is 4. The molecule has 1 aliphatic heterocycles. The maximum Gasteiger partial charge on any atom is 0.160 e. The first-order valence-electron chi connectivity index (χ1n) is 5.98. The molecule has 0 saturated carbocycles. The molecule has 1 aliphatic rings. The minimum atomic E-state index is -0.952. The van der Waals surface area contributed by atoms with Gasteiger partial charge in [0.25, 0.3) is 0 Å². The highest BCUT2D eigenvalue weighted by molar-refractivity contribution is 6.32. The van der Waals surface area contributed by atoms with Crippen molar-refractivity contribution in [2.24, 2.45) is 0 Å². The second-order valence-corrected chi connectivity index (χ2v) is 5.40. The maximum atomic E-state index is 13.1. The summed E-state index contributed by atoms with van der Waals surface area (Å²) in [7, 11) is 0. The Bertz CT molecular complexity index is 420. The normalized spacial score (nSPS) is 21.2. The van der Waals surface area contributed by atoms with Gasteiger partial charge in [-0.25, -0.2) is 8.78 Å². The summed E-state index contributed by atoms with van der Waals surface area (Å²) in [6.07, 6.45) is 3.79. The molecule has 5 heteroatoms. The van der Waals surface area contributed by atoms with Crippen LogP contribution in [0.3, 0.4) is 0 Å². The van der Waals surface area contributed by atoms with Crippen LogP contribution in [0, 0.1) is 11.6 Å². The van der Waals surface area contributed by atoms with E-state index in [0.717, 1.165) is 38.0 Å². The zero-order chi connectivity index (χ0) is 13.1. The molecule has 1 fully saturated rings. The zero-order valence-electron chi connectivity index (χ0n) is 9.77. The fourth-order valence-corrected chi connectivity index (χ4v) is 2.78. The van der Waals surface area contributed by atoms with Gasteiger partial charge in [0.05, 0.1) is 11.5 Å². The summed E-state index contributed by atoms with van der Waals surface area (Å²) in [5.41, 5.74) is 0.440. The summed E-state index contributed by atoms with van der Waals surface area (Å²) >= 11 is 12.1. The lowest BCUT2D eigenvalue weighted by molar-refractivity contribution is 0.102. The summed E-state index contributed by atoms with van der Waals surface area (Å²) in [5.74, 6) is -1.87. The average molecular weight is 295 g/mol.